The number of likely N-dealkylation sites (tertiary alicyclic amines) is 1. The van der Waals surface area contributed by atoms with Gasteiger partial charge in [0.05, 0.1) is 17.0 Å². The Kier molecular flexibility index (Phi) is 7.51. The summed E-state index contributed by atoms with van der Waals surface area (Å²) in [6.45, 7) is 3.29. The van der Waals surface area contributed by atoms with Crippen molar-refractivity contribution in [1.82, 2.24) is 10.2 Å². The maximum Gasteiger partial charge on any atom is 0.294 e. The molecule has 9 heteroatoms. The number of hydrogen-bond acceptors (Lipinski definition) is 6. The van der Waals surface area contributed by atoms with Crippen LogP contribution in [-0.2, 0) is 14.9 Å². The lowest BCUT2D eigenvalue weighted by Gasteiger charge is -2.23. The van der Waals surface area contributed by atoms with Crippen LogP contribution in [0.3, 0.4) is 0 Å². The van der Waals surface area contributed by atoms with Crippen LogP contribution in [0.15, 0.2) is 53.4 Å². The zero-order valence-corrected chi connectivity index (χ0v) is 18.6. The van der Waals surface area contributed by atoms with E-state index in [0.29, 0.717) is 6.54 Å². The van der Waals surface area contributed by atoms with Crippen LogP contribution in [0.1, 0.15) is 36.3 Å². The Bertz CT molecular complexity index is 1080. The molecule has 2 aromatic carbocycles. The Morgan fingerprint density at radius 1 is 1.16 bits per heavy atom. The molecule has 2 aromatic rings. The highest BCUT2D eigenvalue weighted by molar-refractivity contribution is 7.85. The van der Waals surface area contributed by atoms with Gasteiger partial charge in [-0.25, -0.2) is 0 Å². The SMILES string of the molecule is Cc1ccc(S(=O)(=O)O)cc1.N#C[C@@H]1CCCN1C(=O)[C@@H]1C[C@H](c2ccc(O)cc2)CN1. The maximum absolute atomic E-state index is 12.5. The van der Waals surface area contributed by atoms with Gasteiger partial charge in [0.25, 0.3) is 10.1 Å². The van der Waals surface area contributed by atoms with Crippen molar-refractivity contribution in [2.75, 3.05) is 13.1 Å². The number of nitrogens with one attached hydrogen (secondary N) is 1. The first-order valence-electron chi connectivity index (χ1n) is 10.5. The number of phenolic OH excluding ortho intramolecular Hbond substituents is 1. The van der Waals surface area contributed by atoms with Crippen molar-refractivity contribution in [3.05, 3.63) is 59.7 Å². The third-order valence-electron chi connectivity index (χ3n) is 5.80. The molecule has 2 aliphatic heterocycles. The molecule has 3 N–H and O–H groups in total. The van der Waals surface area contributed by atoms with Crippen LogP contribution < -0.4 is 5.32 Å². The van der Waals surface area contributed by atoms with E-state index in [1.807, 2.05) is 19.1 Å². The van der Waals surface area contributed by atoms with Crippen LogP contribution in [0.4, 0.5) is 0 Å². The second kappa shape index (κ2) is 10.1. The molecule has 2 fully saturated rings. The number of aryl methyl sites for hydroxylation is 1. The van der Waals surface area contributed by atoms with Gasteiger partial charge in [-0.1, -0.05) is 29.8 Å². The summed E-state index contributed by atoms with van der Waals surface area (Å²) in [4.78, 5) is 14.2. The van der Waals surface area contributed by atoms with Crippen LogP contribution in [-0.4, -0.2) is 54.1 Å². The van der Waals surface area contributed by atoms with E-state index in [-0.39, 0.29) is 34.6 Å². The van der Waals surface area contributed by atoms with Crippen molar-refractivity contribution in [3.8, 4) is 11.8 Å². The second-order valence-corrected chi connectivity index (χ2v) is 9.51. The number of nitrogens with zero attached hydrogens (tertiary/aromatic N) is 2. The van der Waals surface area contributed by atoms with Crippen LogP contribution >= 0.6 is 0 Å². The Hall–Kier alpha value is -2.93. The lowest BCUT2D eigenvalue weighted by molar-refractivity contribution is -0.133. The Morgan fingerprint density at radius 2 is 1.81 bits per heavy atom. The number of amides is 1. The average molecular weight is 458 g/mol. The molecule has 1 amide bonds. The largest absolute Gasteiger partial charge is 0.508 e. The number of benzene rings is 2. The van der Waals surface area contributed by atoms with Gasteiger partial charge < -0.3 is 15.3 Å². The van der Waals surface area contributed by atoms with Crippen LogP contribution in [0, 0.1) is 18.3 Å². The summed E-state index contributed by atoms with van der Waals surface area (Å²) in [7, 11) is -4.02. The molecular weight excluding hydrogens is 430 g/mol. The highest BCUT2D eigenvalue weighted by Crippen LogP contribution is 2.29. The molecule has 0 unspecified atom stereocenters. The van der Waals surface area contributed by atoms with E-state index in [2.05, 4.69) is 11.4 Å². The molecule has 2 aliphatic rings. The smallest absolute Gasteiger partial charge is 0.294 e. The van der Waals surface area contributed by atoms with Crippen molar-refractivity contribution in [1.29, 1.82) is 5.26 Å². The molecule has 0 radical (unpaired) electrons. The molecule has 4 rings (SSSR count). The number of carbonyl (C=O) groups excluding carboxylic acids is 1. The van der Waals surface area contributed by atoms with E-state index in [9.17, 15) is 18.3 Å². The van der Waals surface area contributed by atoms with Gasteiger partial charge in [-0.3, -0.25) is 9.35 Å². The van der Waals surface area contributed by atoms with Crippen LogP contribution in [0.5, 0.6) is 5.75 Å². The van der Waals surface area contributed by atoms with Gasteiger partial charge in [0.15, 0.2) is 0 Å². The first-order valence-corrected chi connectivity index (χ1v) is 11.9. The van der Waals surface area contributed by atoms with E-state index in [0.717, 1.165) is 36.9 Å². The summed E-state index contributed by atoms with van der Waals surface area (Å²) >= 11 is 0. The molecule has 0 aromatic heterocycles. The van der Waals surface area contributed by atoms with E-state index >= 15 is 0 Å². The number of nitriles is 1. The Morgan fingerprint density at radius 3 is 2.41 bits per heavy atom. The average Bonchev–Trinajstić information content (AvgIpc) is 3.44. The van der Waals surface area contributed by atoms with Gasteiger partial charge >= 0.3 is 0 Å². The van der Waals surface area contributed by atoms with Gasteiger partial charge in [0.1, 0.15) is 11.8 Å². The van der Waals surface area contributed by atoms with Crippen LogP contribution in [0.25, 0.3) is 0 Å². The molecule has 0 aliphatic carbocycles. The maximum atomic E-state index is 12.5. The standard InChI is InChI=1S/C16H19N3O2.C7H8O3S/c17-9-13-2-1-7-19(13)16(21)15-8-12(10-18-15)11-3-5-14(20)6-4-11;1-6-2-4-7(5-3-6)11(8,9)10/h3-6,12-13,15,18,20H,1-2,7-8,10H2;2-5H,1H3,(H,8,9,10)/t12-,13-,15-;/m0./s1. The van der Waals surface area contributed by atoms with Gasteiger partial charge in [0.2, 0.25) is 5.91 Å². The van der Waals surface area contributed by atoms with E-state index in [1.165, 1.54) is 12.1 Å². The van der Waals surface area contributed by atoms with Crippen molar-refractivity contribution < 1.29 is 22.9 Å². The summed E-state index contributed by atoms with van der Waals surface area (Å²) in [5, 5.41) is 21.7. The fourth-order valence-corrected chi connectivity index (χ4v) is 4.48. The highest BCUT2D eigenvalue weighted by Gasteiger charge is 2.37. The quantitative estimate of drug-likeness (QED) is 0.604. The highest BCUT2D eigenvalue weighted by atomic mass is 32.2. The molecule has 2 saturated heterocycles. The topological polar surface area (TPSA) is 131 Å². The van der Waals surface area contributed by atoms with Crippen LogP contribution in [0.2, 0.25) is 0 Å². The first-order chi connectivity index (χ1) is 15.2. The predicted octanol–water partition coefficient (Wildman–Crippen LogP) is 2.59. The number of rotatable bonds is 3. The molecule has 0 bridgehead atoms. The normalized spacial score (nSPS) is 22.7. The fourth-order valence-electron chi connectivity index (χ4n) is 4.00. The van der Waals surface area contributed by atoms with Crippen molar-refractivity contribution in [2.45, 2.75) is 49.1 Å². The first kappa shape index (κ1) is 23.7. The molecule has 0 spiro atoms. The van der Waals surface area contributed by atoms with Gasteiger partial charge in [-0.15, -0.1) is 0 Å². The van der Waals surface area contributed by atoms with Crippen molar-refractivity contribution in [2.24, 2.45) is 0 Å². The number of aromatic hydroxyl groups is 1. The molecule has 32 heavy (non-hydrogen) atoms. The molecule has 0 saturated carbocycles. The molecule has 3 atom stereocenters. The third-order valence-corrected chi connectivity index (χ3v) is 6.67. The Labute approximate surface area is 188 Å². The zero-order chi connectivity index (χ0) is 23.3. The van der Waals surface area contributed by atoms with Crippen molar-refractivity contribution in [3.63, 3.8) is 0 Å². The summed E-state index contributed by atoms with van der Waals surface area (Å²) in [6.07, 6.45) is 2.45. The lowest BCUT2D eigenvalue weighted by atomic mass is 9.96. The molecule has 170 valence electrons. The molecule has 8 nitrogen and oxygen atoms in total. The second-order valence-electron chi connectivity index (χ2n) is 8.09. The summed E-state index contributed by atoms with van der Waals surface area (Å²) in [5.74, 6) is 0.592. The van der Waals surface area contributed by atoms with Gasteiger partial charge in [0, 0.05) is 13.1 Å². The van der Waals surface area contributed by atoms with E-state index in [1.54, 1.807) is 29.2 Å². The van der Waals surface area contributed by atoms with Crippen molar-refractivity contribution >= 4 is 16.0 Å². The Balaban J connectivity index is 0.000000222. The van der Waals surface area contributed by atoms with Gasteiger partial charge in [-0.05, 0) is 61.9 Å². The predicted molar refractivity (Wildman–Crippen MR) is 119 cm³/mol. The minimum absolute atomic E-state index is 0.0559. The minimum atomic E-state index is -4.02. The number of phenols is 1. The minimum Gasteiger partial charge on any atom is -0.508 e. The number of hydrogen-bond donors (Lipinski definition) is 3. The lowest BCUT2D eigenvalue weighted by Crippen LogP contribution is -2.45. The monoisotopic (exact) mass is 457 g/mol. The summed E-state index contributed by atoms with van der Waals surface area (Å²) in [6, 6.07) is 14.9. The summed E-state index contributed by atoms with van der Waals surface area (Å²) in [5.41, 5.74) is 2.09. The van der Waals surface area contributed by atoms with Gasteiger partial charge in [-0.2, -0.15) is 13.7 Å². The van der Waals surface area contributed by atoms with E-state index < -0.39 is 10.1 Å². The fraction of sp³-hybridized carbons (Fsp3) is 0.391. The molecular formula is C23H27N3O5S. The summed E-state index contributed by atoms with van der Waals surface area (Å²) < 4.78 is 29.6. The third kappa shape index (κ3) is 5.85. The zero-order valence-electron chi connectivity index (χ0n) is 17.8. The van der Waals surface area contributed by atoms with E-state index in [4.69, 9.17) is 9.81 Å². The number of carbonyl (C=O) groups is 1. The molecule has 2 heterocycles.